The topological polar surface area (TPSA) is 124 Å². The summed E-state index contributed by atoms with van der Waals surface area (Å²) in [5.41, 5.74) is 0.762. The van der Waals surface area contributed by atoms with Crippen LogP contribution in [0.2, 0.25) is 0 Å². The van der Waals surface area contributed by atoms with Gasteiger partial charge in [-0.1, -0.05) is 42.3 Å². The van der Waals surface area contributed by atoms with Gasteiger partial charge in [-0.05, 0) is 77.7 Å². The largest absolute Gasteiger partial charge is 0.392 e. The van der Waals surface area contributed by atoms with Gasteiger partial charge in [0.15, 0.2) is 0 Å². The fraction of sp³-hybridized carbons (Fsp3) is 0.0667. The normalized spacial score (nSPS) is 12.0. The van der Waals surface area contributed by atoms with E-state index in [1.807, 2.05) is 5.38 Å². The molecule has 42 heavy (non-hydrogen) atoms. The van der Waals surface area contributed by atoms with Gasteiger partial charge in [-0.3, -0.25) is 4.21 Å². The summed E-state index contributed by atoms with van der Waals surface area (Å²) in [6, 6.07) is 26.8. The van der Waals surface area contributed by atoms with Crippen LogP contribution >= 0.6 is 11.3 Å². The van der Waals surface area contributed by atoms with Crippen molar-refractivity contribution in [3.8, 4) is 23.8 Å². The predicted octanol–water partition coefficient (Wildman–Crippen LogP) is 5.36. The number of fused-ring (bicyclic) bond motifs is 1. The average molecular weight is 641 g/mol. The minimum Gasteiger partial charge on any atom is -0.392 e. The van der Waals surface area contributed by atoms with Crippen molar-refractivity contribution in [1.29, 1.82) is 0 Å². The van der Waals surface area contributed by atoms with Crippen molar-refractivity contribution in [2.24, 2.45) is 0 Å². The Bertz CT molecular complexity index is 1930. The summed E-state index contributed by atoms with van der Waals surface area (Å²) in [6.07, 6.45) is 5.10. The van der Waals surface area contributed by atoms with Gasteiger partial charge in [0.25, 0.3) is 0 Å². The van der Waals surface area contributed by atoms with Gasteiger partial charge < -0.3 is 13.5 Å². The zero-order chi connectivity index (χ0) is 30.2. The first-order chi connectivity index (χ1) is 20.1. The van der Waals surface area contributed by atoms with Gasteiger partial charge in [-0.25, -0.2) is 0 Å². The summed E-state index contributed by atoms with van der Waals surface area (Å²) in [7, 11) is -9.00. The zero-order valence-corrected chi connectivity index (χ0v) is 25.1. The van der Waals surface area contributed by atoms with E-state index < -0.39 is 31.0 Å². The monoisotopic (exact) mass is 640 g/mol. The first-order valence-electron chi connectivity index (χ1n) is 12.1. The molecular weight excluding hydrogens is 617 g/mol. The number of rotatable bonds is 9. The molecule has 0 spiro atoms. The van der Waals surface area contributed by atoms with Gasteiger partial charge in [0.1, 0.15) is 21.3 Å². The van der Waals surface area contributed by atoms with Crippen LogP contribution in [0.4, 0.5) is 0 Å². The van der Waals surface area contributed by atoms with Crippen molar-refractivity contribution in [2.45, 2.75) is 21.3 Å². The number of aliphatic hydroxyl groups is 1. The summed E-state index contributed by atoms with van der Waals surface area (Å²) in [4.78, 5) is 0.709. The predicted molar refractivity (Wildman–Crippen MR) is 163 cm³/mol. The molecule has 4 aromatic carbocycles. The molecule has 0 aliphatic carbocycles. The Morgan fingerprint density at radius 1 is 0.762 bits per heavy atom. The van der Waals surface area contributed by atoms with Crippen LogP contribution in [0, 0.1) is 12.3 Å². The molecule has 0 fully saturated rings. The Kier molecular flexibility index (Phi) is 10.2. The lowest BCUT2D eigenvalue weighted by atomic mass is 10.2. The quantitative estimate of drug-likeness (QED) is 0.169. The van der Waals surface area contributed by atoms with Gasteiger partial charge in [0.2, 0.25) is 0 Å². The Labute approximate surface area is 250 Å². The van der Waals surface area contributed by atoms with Gasteiger partial charge in [-0.2, -0.15) is 16.8 Å². The third-order valence-corrected chi connectivity index (χ3v) is 10.3. The van der Waals surface area contributed by atoms with E-state index in [-0.39, 0.29) is 33.6 Å². The van der Waals surface area contributed by atoms with E-state index in [1.165, 1.54) is 59.9 Å². The smallest absolute Gasteiger partial charge is 0.339 e. The number of thiophene rings is 1. The van der Waals surface area contributed by atoms with E-state index >= 15 is 0 Å². The Morgan fingerprint density at radius 3 is 1.81 bits per heavy atom. The molecule has 1 aromatic heterocycles. The lowest BCUT2D eigenvalue weighted by Gasteiger charge is -2.07. The number of hydrogen-bond donors (Lipinski definition) is 1. The first-order valence-corrected chi connectivity index (χ1v) is 17.2. The zero-order valence-electron chi connectivity index (χ0n) is 21.8. The molecule has 0 radical (unpaired) electrons. The maximum atomic E-state index is 12.2. The van der Waals surface area contributed by atoms with Crippen molar-refractivity contribution < 1.29 is 34.5 Å². The Hall–Kier alpha value is -3.99. The van der Waals surface area contributed by atoms with Crippen LogP contribution in [0.25, 0.3) is 10.1 Å². The molecule has 8 nitrogen and oxygen atoms in total. The van der Waals surface area contributed by atoms with Crippen LogP contribution in [0.15, 0.2) is 123 Å². The van der Waals surface area contributed by atoms with Gasteiger partial charge in [-0.15, -0.1) is 17.8 Å². The van der Waals surface area contributed by atoms with Crippen LogP contribution < -0.4 is 8.37 Å². The Morgan fingerprint density at radius 2 is 1.29 bits per heavy atom. The first kappa shape index (κ1) is 31.0. The summed E-state index contributed by atoms with van der Waals surface area (Å²) >= 11 is 1.50. The van der Waals surface area contributed by atoms with Crippen LogP contribution in [0.5, 0.6) is 11.5 Å². The lowest BCUT2D eigenvalue weighted by molar-refractivity contribution is 0.284. The highest BCUT2D eigenvalue weighted by molar-refractivity contribution is 7.87. The number of terminal acetylenes is 1. The summed E-state index contributed by atoms with van der Waals surface area (Å²) in [5.74, 6) is 2.82. The molecule has 0 aliphatic heterocycles. The minimum absolute atomic E-state index is 0.0741. The maximum Gasteiger partial charge on any atom is 0.339 e. The van der Waals surface area contributed by atoms with E-state index in [4.69, 9.17) is 14.8 Å². The molecule has 1 N–H and O–H groups in total. The van der Waals surface area contributed by atoms with Crippen molar-refractivity contribution >= 4 is 52.5 Å². The van der Waals surface area contributed by atoms with Crippen molar-refractivity contribution in [3.05, 3.63) is 114 Å². The molecule has 1 unspecified atom stereocenters. The molecule has 216 valence electrons. The minimum atomic E-state index is -3.86. The second-order valence-corrected chi connectivity index (χ2v) is 13.9. The van der Waals surface area contributed by atoms with Crippen molar-refractivity contribution in [2.75, 3.05) is 5.75 Å². The second kappa shape index (κ2) is 13.8. The maximum absolute atomic E-state index is 12.2. The molecule has 1 heterocycles. The van der Waals surface area contributed by atoms with E-state index in [0.29, 0.717) is 4.90 Å². The highest BCUT2D eigenvalue weighted by Gasteiger charge is 2.17. The van der Waals surface area contributed by atoms with Gasteiger partial charge >= 0.3 is 20.2 Å². The molecule has 12 heteroatoms. The molecule has 1 atom stereocenters. The van der Waals surface area contributed by atoms with Crippen molar-refractivity contribution in [3.63, 3.8) is 0 Å². The standard InChI is InChI=1S/2C15H12O4S2/c16-9-11-10-20-15-7-6-12(8-14(11)15)19-21(17,18)13-4-2-1-3-5-13;1-2-12-20(16)14-10-8-13(9-11-14)19-21(17,18)15-6-4-3-5-7-15/h1-8,10,16H,9H2;1,3-11H,12H2. The molecule has 0 bridgehead atoms. The number of aliphatic hydroxyl groups excluding tert-OH is 1. The molecular formula is C30H24O8S4. The second-order valence-electron chi connectivity index (χ2n) is 8.44. The van der Waals surface area contributed by atoms with Crippen molar-refractivity contribution in [1.82, 2.24) is 0 Å². The molecule has 5 rings (SSSR count). The summed E-state index contributed by atoms with van der Waals surface area (Å²) in [5, 5.41) is 11.9. The number of hydrogen-bond acceptors (Lipinski definition) is 9. The third-order valence-electron chi connectivity index (χ3n) is 5.57. The Balaban J connectivity index is 0.000000193. The summed E-state index contributed by atoms with van der Waals surface area (Å²) < 4.78 is 71.2. The molecule has 5 aromatic rings. The molecule has 0 saturated heterocycles. The number of benzene rings is 4. The fourth-order valence-electron chi connectivity index (χ4n) is 3.57. The summed E-state index contributed by atoms with van der Waals surface area (Å²) in [6.45, 7) is -0.0884. The molecule has 0 aliphatic rings. The van der Waals surface area contributed by atoms with Crippen LogP contribution in [0.3, 0.4) is 0 Å². The van der Waals surface area contributed by atoms with E-state index in [9.17, 15) is 26.2 Å². The van der Waals surface area contributed by atoms with E-state index in [1.54, 1.807) is 54.6 Å². The van der Waals surface area contributed by atoms with Gasteiger partial charge in [0.05, 0.1) is 23.2 Å². The van der Waals surface area contributed by atoms with E-state index in [2.05, 4.69) is 5.92 Å². The van der Waals surface area contributed by atoms with E-state index in [0.717, 1.165) is 15.6 Å². The van der Waals surface area contributed by atoms with Gasteiger partial charge in [0, 0.05) is 15.0 Å². The van der Waals surface area contributed by atoms with Crippen LogP contribution in [0.1, 0.15) is 5.56 Å². The van der Waals surface area contributed by atoms with Crippen LogP contribution in [-0.4, -0.2) is 31.9 Å². The highest BCUT2D eigenvalue weighted by atomic mass is 32.2. The lowest BCUT2D eigenvalue weighted by Crippen LogP contribution is -2.09. The average Bonchev–Trinajstić information content (AvgIpc) is 3.41. The van der Waals surface area contributed by atoms with Crippen LogP contribution in [-0.2, 0) is 37.6 Å². The molecule has 0 saturated carbocycles. The highest BCUT2D eigenvalue weighted by Crippen LogP contribution is 2.31. The molecule has 0 amide bonds. The third kappa shape index (κ3) is 7.84. The fourth-order valence-corrected chi connectivity index (χ4v) is 7.15. The SMILES string of the molecule is C#CCS(=O)c1ccc(OS(=O)(=O)c2ccccc2)cc1.O=S(=O)(Oc1ccc2scc(CO)c2c1)c1ccccc1.